The van der Waals surface area contributed by atoms with Crippen LogP contribution in [0.4, 0.5) is 18.9 Å². The van der Waals surface area contributed by atoms with Gasteiger partial charge in [0.05, 0.1) is 23.7 Å². The number of anilines is 1. The van der Waals surface area contributed by atoms with Gasteiger partial charge in [-0.3, -0.25) is 0 Å². The summed E-state index contributed by atoms with van der Waals surface area (Å²) in [6, 6.07) is 3.30. The lowest BCUT2D eigenvalue weighted by Crippen LogP contribution is -2.13. The Balaban J connectivity index is 2.99. The predicted molar refractivity (Wildman–Crippen MR) is 75.3 cm³/mol. The van der Waals surface area contributed by atoms with Crippen molar-refractivity contribution in [3.8, 4) is 5.75 Å². The van der Waals surface area contributed by atoms with Crippen LogP contribution in [0.2, 0.25) is 0 Å². The van der Waals surface area contributed by atoms with Crippen molar-refractivity contribution in [2.75, 3.05) is 19.5 Å². The van der Waals surface area contributed by atoms with Crippen molar-refractivity contribution in [2.24, 2.45) is 0 Å². The first kappa shape index (κ1) is 14.9. The number of hydrogen-bond acceptors (Lipinski definition) is 3. The van der Waals surface area contributed by atoms with Gasteiger partial charge in [0.15, 0.2) is 0 Å². The summed E-state index contributed by atoms with van der Waals surface area (Å²) in [4.78, 5) is 3.77. The summed E-state index contributed by atoms with van der Waals surface area (Å²) in [5, 5.41) is 3.33. The van der Waals surface area contributed by atoms with Crippen LogP contribution in [0.15, 0.2) is 16.6 Å². The number of halogens is 4. The molecule has 0 aliphatic heterocycles. The summed E-state index contributed by atoms with van der Waals surface area (Å²) >= 11 is 3.24. The van der Waals surface area contributed by atoms with Gasteiger partial charge in [0.1, 0.15) is 11.4 Å². The number of hydrogen-bond donors (Lipinski definition) is 1. The molecule has 2 rings (SSSR count). The van der Waals surface area contributed by atoms with Gasteiger partial charge >= 0.3 is 6.18 Å². The molecule has 20 heavy (non-hydrogen) atoms. The quantitative estimate of drug-likeness (QED) is 0.874. The maximum atomic E-state index is 13.1. The van der Waals surface area contributed by atoms with Crippen molar-refractivity contribution >= 4 is 32.5 Å². The van der Waals surface area contributed by atoms with Gasteiger partial charge in [-0.1, -0.05) is 0 Å². The molecule has 3 nitrogen and oxygen atoms in total. The Morgan fingerprint density at radius 3 is 2.45 bits per heavy atom. The Hall–Kier alpha value is -1.50. The van der Waals surface area contributed by atoms with Crippen LogP contribution in [0.3, 0.4) is 0 Å². The fraction of sp³-hybridized carbons (Fsp3) is 0.308. The number of benzene rings is 1. The molecule has 1 heterocycles. The van der Waals surface area contributed by atoms with Crippen molar-refractivity contribution in [3.63, 3.8) is 0 Å². The number of nitrogens with one attached hydrogen (secondary N) is 1. The van der Waals surface area contributed by atoms with E-state index in [4.69, 9.17) is 4.74 Å². The van der Waals surface area contributed by atoms with E-state index >= 15 is 0 Å². The molecule has 2 aromatic rings. The van der Waals surface area contributed by atoms with Gasteiger partial charge < -0.3 is 10.1 Å². The van der Waals surface area contributed by atoms with E-state index in [9.17, 15) is 13.2 Å². The molecule has 0 unspecified atom stereocenters. The Kier molecular flexibility index (Phi) is 3.82. The number of nitrogens with zero attached hydrogens (tertiary/aromatic N) is 1. The van der Waals surface area contributed by atoms with E-state index in [0.29, 0.717) is 21.3 Å². The van der Waals surface area contributed by atoms with Crippen LogP contribution in [-0.2, 0) is 6.18 Å². The highest BCUT2D eigenvalue weighted by atomic mass is 79.9. The van der Waals surface area contributed by atoms with Gasteiger partial charge in [0.2, 0.25) is 0 Å². The molecule has 0 saturated carbocycles. The van der Waals surface area contributed by atoms with E-state index in [-0.39, 0.29) is 11.1 Å². The fourth-order valence-corrected chi connectivity index (χ4v) is 2.58. The second kappa shape index (κ2) is 5.12. The SMILES string of the molecule is CNc1c(C)c(C(F)(F)F)nc2c(Br)ccc(OC)c12. The lowest BCUT2D eigenvalue weighted by molar-refractivity contribution is -0.141. The van der Waals surface area contributed by atoms with Crippen molar-refractivity contribution in [1.82, 2.24) is 4.98 Å². The number of pyridine rings is 1. The summed E-state index contributed by atoms with van der Waals surface area (Å²) in [5.74, 6) is 0.469. The van der Waals surface area contributed by atoms with Crippen LogP contribution < -0.4 is 10.1 Å². The van der Waals surface area contributed by atoms with E-state index < -0.39 is 11.9 Å². The van der Waals surface area contributed by atoms with E-state index in [2.05, 4.69) is 26.2 Å². The van der Waals surface area contributed by atoms with Crippen LogP contribution in [0, 0.1) is 6.92 Å². The van der Waals surface area contributed by atoms with Crippen LogP contribution in [0.5, 0.6) is 5.75 Å². The van der Waals surface area contributed by atoms with Crippen LogP contribution in [0.1, 0.15) is 11.3 Å². The van der Waals surface area contributed by atoms with Crippen molar-refractivity contribution in [1.29, 1.82) is 0 Å². The Morgan fingerprint density at radius 2 is 1.95 bits per heavy atom. The maximum absolute atomic E-state index is 13.1. The highest BCUT2D eigenvalue weighted by Crippen LogP contribution is 2.42. The zero-order valence-electron chi connectivity index (χ0n) is 11.0. The zero-order chi connectivity index (χ0) is 15.1. The molecule has 0 aliphatic carbocycles. The van der Waals surface area contributed by atoms with Crippen LogP contribution >= 0.6 is 15.9 Å². The average molecular weight is 349 g/mol. The highest BCUT2D eigenvalue weighted by Gasteiger charge is 2.36. The van der Waals surface area contributed by atoms with E-state index in [1.165, 1.54) is 14.0 Å². The normalized spacial score (nSPS) is 11.8. The third kappa shape index (κ3) is 2.30. The Morgan fingerprint density at radius 1 is 1.30 bits per heavy atom. The van der Waals surface area contributed by atoms with Gasteiger partial charge in [-0.15, -0.1) is 0 Å². The minimum absolute atomic E-state index is 0.0453. The molecule has 0 amide bonds. The summed E-state index contributed by atoms with van der Waals surface area (Å²) < 4.78 is 44.9. The maximum Gasteiger partial charge on any atom is 0.433 e. The Labute approximate surface area is 122 Å². The Bertz CT molecular complexity index is 671. The second-order valence-electron chi connectivity index (χ2n) is 4.18. The van der Waals surface area contributed by atoms with Gasteiger partial charge in [0, 0.05) is 17.1 Å². The number of ether oxygens (including phenoxy) is 1. The molecule has 7 heteroatoms. The van der Waals surface area contributed by atoms with E-state index in [1.807, 2.05) is 0 Å². The molecular weight excluding hydrogens is 337 g/mol. The molecule has 0 spiro atoms. The van der Waals surface area contributed by atoms with Crippen LogP contribution in [0.25, 0.3) is 10.9 Å². The summed E-state index contributed by atoms with van der Waals surface area (Å²) in [7, 11) is 3.04. The third-order valence-corrected chi connectivity index (χ3v) is 3.67. The largest absolute Gasteiger partial charge is 0.496 e. The number of aromatic nitrogens is 1. The minimum atomic E-state index is -4.51. The van der Waals surface area contributed by atoms with Gasteiger partial charge in [0.25, 0.3) is 0 Å². The van der Waals surface area contributed by atoms with Crippen LogP contribution in [-0.4, -0.2) is 19.1 Å². The summed E-state index contributed by atoms with van der Waals surface area (Å²) in [6.07, 6.45) is -4.51. The van der Waals surface area contributed by atoms with Gasteiger partial charge in [-0.25, -0.2) is 4.98 Å². The number of alkyl halides is 3. The monoisotopic (exact) mass is 348 g/mol. The second-order valence-corrected chi connectivity index (χ2v) is 5.04. The summed E-state index contributed by atoms with van der Waals surface area (Å²) in [6.45, 7) is 1.39. The molecule has 0 radical (unpaired) electrons. The smallest absolute Gasteiger partial charge is 0.433 e. The number of fused-ring (bicyclic) bond motifs is 1. The first-order chi connectivity index (χ1) is 9.31. The molecule has 108 valence electrons. The molecular formula is C13H12BrF3N2O. The molecule has 1 aromatic carbocycles. The number of methoxy groups -OCH3 is 1. The van der Waals surface area contributed by atoms with Crippen molar-refractivity contribution in [2.45, 2.75) is 13.1 Å². The van der Waals surface area contributed by atoms with E-state index in [0.717, 1.165) is 0 Å². The van der Waals surface area contributed by atoms with Crippen molar-refractivity contribution < 1.29 is 17.9 Å². The molecule has 1 N–H and O–H groups in total. The lowest BCUT2D eigenvalue weighted by atomic mass is 10.1. The highest BCUT2D eigenvalue weighted by molar-refractivity contribution is 9.10. The zero-order valence-corrected chi connectivity index (χ0v) is 12.6. The fourth-order valence-electron chi connectivity index (χ4n) is 2.16. The molecule has 1 aromatic heterocycles. The lowest BCUT2D eigenvalue weighted by Gasteiger charge is -2.18. The average Bonchev–Trinajstić information content (AvgIpc) is 2.37. The summed E-state index contributed by atoms with van der Waals surface area (Å²) in [5.41, 5.74) is -0.278. The molecule has 0 bridgehead atoms. The predicted octanol–water partition coefficient (Wildman–Crippen LogP) is 4.37. The first-order valence-electron chi connectivity index (χ1n) is 5.73. The van der Waals surface area contributed by atoms with Gasteiger partial charge in [-0.05, 0) is 35.0 Å². The third-order valence-electron chi connectivity index (χ3n) is 3.03. The molecule has 0 aliphatic rings. The van der Waals surface area contributed by atoms with E-state index in [1.54, 1.807) is 19.2 Å². The standard InChI is InChI=1S/C13H12BrF3N2O/c1-6-10(18-2)9-8(20-3)5-4-7(14)11(9)19-12(6)13(15,16)17/h4-5H,1-3H3,(H,18,19). The molecule has 0 atom stereocenters. The minimum Gasteiger partial charge on any atom is -0.496 e. The van der Waals surface area contributed by atoms with Gasteiger partial charge in [-0.2, -0.15) is 13.2 Å². The molecule has 0 saturated heterocycles. The first-order valence-corrected chi connectivity index (χ1v) is 6.52. The van der Waals surface area contributed by atoms with Crippen molar-refractivity contribution in [3.05, 3.63) is 27.9 Å². The topological polar surface area (TPSA) is 34.2 Å². The molecule has 0 fully saturated rings. The number of rotatable bonds is 2.